The first kappa shape index (κ1) is 11.8. The van der Waals surface area contributed by atoms with E-state index in [9.17, 15) is 4.79 Å². The highest BCUT2D eigenvalue weighted by atomic mass is 32.1. The molecule has 0 aliphatic heterocycles. The van der Waals surface area contributed by atoms with Gasteiger partial charge in [0.1, 0.15) is 4.88 Å². The van der Waals surface area contributed by atoms with Gasteiger partial charge in [-0.05, 0) is 18.2 Å². The first-order chi connectivity index (χ1) is 8.16. The predicted octanol–water partition coefficient (Wildman–Crippen LogP) is 1.47. The minimum absolute atomic E-state index is 0.377. The molecule has 0 aliphatic rings. The predicted molar refractivity (Wildman–Crippen MR) is 65.0 cm³/mol. The van der Waals surface area contributed by atoms with Crippen molar-refractivity contribution in [1.82, 2.24) is 15.1 Å². The first-order valence-corrected chi connectivity index (χ1v) is 5.98. The van der Waals surface area contributed by atoms with Crippen LogP contribution in [0.2, 0.25) is 0 Å². The summed E-state index contributed by atoms with van der Waals surface area (Å²) in [5.41, 5.74) is 1.10. The van der Waals surface area contributed by atoms with Crippen LogP contribution in [0.4, 0.5) is 0 Å². The molecular formula is C11H13N3O2S. The lowest BCUT2D eigenvalue weighted by Gasteiger charge is -2.03. The molecule has 2 N–H and O–H groups in total. The van der Waals surface area contributed by atoms with Crippen LogP contribution in [-0.4, -0.2) is 20.9 Å². The summed E-state index contributed by atoms with van der Waals surface area (Å²) in [5.74, 6) is -0.868. The van der Waals surface area contributed by atoms with Gasteiger partial charge < -0.3 is 10.4 Å². The normalized spacial score (nSPS) is 10.6. The van der Waals surface area contributed by atoms with Crippen LogP contribution in [0.25, 0.3) is 0 Å². The largest absolute Gasteiger partial charge is 0.477 e. The summed E-state index contributed by atoms with van der Waals surface area (Å²) in [7, 11) is 1.89. The highest BCUT2D eigenvalue weighted by Gasteiger charge is 2.06. The molecule has 5 nitrogen and oxygen atoms in total. The van der Waals surface area contributed by atoms with Crippen LogP contribution < -0.4 is 5.32 Å². The van der Waals surface area contributed by atoms with Gasteiger partial charge in [0.2, 0.25) is 0 Å². The number of hydrogen-bond donors (Lipinski definition) is 2. The lowest BCUT2D eigenvalue weighted by molar-refractivity contribution is 0.0702. The van der Waals surface area contributed by atoms with Gasteiger partial charge in [0.05, 0.1) is 5.69 Å². The zero-order valence-electron chi connectivity index (χ0n) is 9.38. The maximum Gasteiger partial charge on any atom is 0.345 e. The van der Waals surface area contributed by atoms with E-state index in [2.05, 4.69) is 10.4 Å². The quantitative estimate of drug-likeness (QED) is 0.844. The Hall–Kier alpha value is -1.66. The summed E-state index contributed by atoms with van der Waals surface area (Å²) in [6.45, 7) is 1.39. The van der Waals surface area contributed by atoms with Crippen molar-refractivity contribution in [3.63, 3.8) is 0 Å². The number of carbonyl (C=O) groups is 1. The molecule has 0 saturated carbocycles. The Morgan fingerprint density at radius 1 is 1.47 bits per heavy atom. The number of carboxylic acid groups (broad SMARTS) is 1. The van der Waals surface area contributed by atoms with Crippen molar-refractivity contribution >= 4 is 17.3 Å². The van der Waals surface area contributed by atoms with Crippen molar-refractivity contribution in [1.29, 1.82) is 0 Å². The van der Waals surface area contributed by atoms with Crippen molar-refractivity contribution in [3.05, 3.63) is 39.8 Å². The van der Waals surface area contributed by atoms with Gasteiger partial charge in [-0.1, -0.05) is 0 Å². The Kier molecular flexibility index (Phi) is 3.55. The van der Waals surface area contributed by atoms with Crippen LogP contribution in [-0.2, 0) is 20.1 Å². The monoisotopic (exact) mass is 251 g/mol. The maximum absolute atomic E-state index is 10.7. The molecule has 0 unspecified atom stereocenters. The lowest BCUT2D eigenvalue weighted by atomic mass is 10.4. The molecule has 2 aromatic rings. The van der Waals surface area contributed by atoms with Crippen LogP contribution in [0.5, 0.6) is 0 Å². The van der Waals surface area contributed by atoms with E-state index in [0.29, 0.717) is 11.4 Å². The maximum atomic E-state index is 10.7. The summed E-state index contributed by atoms with van der Waals surface area (Å²) in [6, 6.07) is 5.42. The molecule has 0 aliphatic carbocycles. The van der Waals surface area contributed by atoms with Gasteiger partial charge in [0.25, 0.3) is 0 Å². The number of nitrogens with one attached hydrogen (secondary N) is 1. The van der Waals surface area contributed by atoms with Gasteiger partial charge >= 0.3 is 5.97 Å². The number of nitrogens with zero attached hydrogens (tertiary/aromatic N) is 2. The van der Waals surface area contributed by atoms with Gasteiger partial charge in [-0.25, -0.2) is 4.79 Å². The molecule has 2 rings (SSSR count). The smallest absolute Gasteiger partial charge is 0.345 e. The van der Waals surface area contributed by atoms with Crippen molar-refractivity contribution in [2.24, 2.45) is 7.05 Å². The number of thiophene rings is 1. The van der Waals surface area contributed by atoms with E-state index in [-0.39, 0.29) is 0 Å². The summed E-state index contributed by atoms with van der Waals surface area (Å²) < 4.78 is 1.81. The summed E-state index contributed by atoms with van der Waals surface area (Å²) in [5, 5.41) is 16.1. The summed E-state index contributed by atoms with van der Waals surface area (Å²) >= 11 is 1.30. The third-order valence-corrected chi connectivity index (χ3v) is 3.47. The fraction of sp³-hybridized carbons (Fsp3) is 0.273. The fourth-order valence-corrected chi connectivity index (χ4v) is 2.29. The third-order valence-electron chi connectivity index (χ3n) is 2.40. The molecule has 0 spiro atoms. The second-order valence-corrected chi connectivity index (χ2v) is 4.79. The molecule has 0 atom stereocenters. The molecule has 0 bridgehead atoms. The van der Waals surface area contributed by atoms with Crippen LogP contribution in [0.1, 0.15) is 20.2 Å². The molecule has 17 heavy (non-hydrogen) atoms. The molecule has 0 fully saturated rings. The van der Waals surface area contributed by atoms with E-state index in [0.717, 1.165) is 17.1 Å². The molecule has 0 amide bonds. The number of aryl methyl sites for hydroxylation is 1. The molecular weight excluding hydrogens is 238 g/mol. The van der Waals surface area contributed by atoms with Gasteiger partial charge in [0.15, 0.2) is 0 Å². The second kappa shape index (κ2) is 5.11. The second-order valence-electron chi connectivity index (χ2n) is 3.62. The first-order valence-electron chi connectivity index (χ1n) is 5.16. The lowest BCUT2D eigenvalue weighted by Crippen LogP contribution is -2.14. The summed E-state index contributed by atoms with van der Waals surface area (Å²) in [6.07, 6.45) is 1.75. The van der Waals surface area contributed by atoms with E-state index in [1.807, 2.05) is 23.9 Å². The van der Waals surface area contributed by atoms with Crippen molar-refractivity contribution in [2.75, 3.05) is 0 Å². The highest BCUT2D eigenvalue weighted by Crippen LogP contribution is 2.16. The van der Waals surface area contributed by atoms with Crippen LogP contribution in [0, 0.1) is 0 Å². The molecule has 6 heteroatoms. The SMILES string of the molecule is Cn1nccc1CNCc1ccc(C(=O)O)s1. The van der Waals surface area contributed by atoms with E-state index in [4.69, 9.17) is 5.11 Å². The Morgan fingerprint density at radius 2 is 2.29 bits per heavy atom. The average molecular weight is 251 g/mol. The minimum atomic E-state index is -0.868. The van der Waals surface area contributed by atoms with Crippen molar-refractivity contribution in [3.8, 4) is 0 Å². The zero-order valence-corrected chi connectivity index (χ0v) is 10.2. The fourth-order valence-electron chi connectivity index (χ4n) is 1.48. The van der Waals surface area contributed by atoms with Crippen molar-refractivity contribution < 1.29 is 9.90 Å². The topological polar surface area (TPSA) is 67.2 Å². The zero-order chi connectivity index (χ0) is 12.3. The van der Waals surface area contributed by atoms with Crippen LogP contribution >= 0.6 is 11.3 Å². The molecule has 2 aromatic heterocycles. The van der Waals surface area contributed by atoms with Crippen LogP contribution in [0.3, 0.4) is 0 Å². The molecule has 0 aromatic carbocycles. The van der Waals surface area contributed by atoms with Crippen LogP contribution in [0.15, 0.2) is 24.4 Å². The van der Waals surface area contributed by atoms with Crippen molar-refractivity contribution in [2.45, 2.75) is 13.1 Å². The number of carboxylic acids is 1. The molecule has 0 saturated heterocycles. The Labute approximate surface area is 103 Å². The third kappa shape index (κ3) is 2.92. The minimum Gasteiger partial charge on any atom is -0.477 e. The van der Waals surface area contributed by atoms with E-state index in [1.54, 1.807) is 12.3 Å². The number of aromatic nitrogens is 2. The van der Waals surface area contributed by atoms with E-state index < -0.39 is 5.97 Å². The van der Waals surface area contributed by atoms with Gasteiger partial charge in [-0.15, -0.1) is 11.3 Å². The number of aromatic carboxylic acids is 1. The Morgan fingerprint density at radius 3 is 2.88 bits per heavy atom. The van der Waals surface area contributed by atoms with Gasteiger partial charge in [-0.3, -0.25) is 4.68 Å². The molecule has 90 valence electrons. The van der Waals surface area contributed by atoms with Gasteiger partial charge in [0, 0.05) is 31.2 Å². The highest BCUT2D eigenvalue weighted by molar-refractivity contribution is 7.13. The molecule has 2 heterocycles. The number of hydrogen-bond acceptors (Lipinski definition) is 4. The standard InChI is InChI=1S/C11H13N3O2S/c1-14-8(4-5-13-14)6-12-7-9-2-3-10(17-9)11(15)16/h2-5,12H,6-7H2,1H3,(H,15,16). The number of rotatable bonds is 5. The Bertz CT molecular complexity index is 518. The van der Waals surface area contributed by atoms with E-state index >= 15 is 0 Å². The summed E-state index contributed by atoms with van der Waals surface area (Å²) in [4.78, 5) is 12.1. The Balaban J connectivity index is 1.86. The van der Waals surface area contributed by atoms with Gasteiger partial charge in [-0.2, -0.15) is 5.10 Å². The average Bonchev–Trinajstić information content (AvgIpc) is 2.89. The molecule has 0 radical (unpaired) electrons. The van der Waals surface area contributed by atoms with E-state index in [1.165, 1.54) is 11.3 Å².